The lowest BCUT2D eigenvalue weighted by Crippen LogP contribution is -2.60. The topological polar surface area (TPSA) is 158 Å². The summed E-state index contributed by atoms with van der Waals surface area (Å²) < 4.78 is 29.0. The van der Waals surface area contributed by atoms with Crippen LogP contribution in [0.1, 0.15) is 83.9 Å². The average molecular weight is 529 g/mol. The maximum atomic E-state index is 13.7. The second-order valence-electron chi connectivity index (χ2n) is 11.0. The molecule has 0 saturated carbocycles. The smallest absolute Gasteiger partial charge is 0.309 e. The Kier molecular flexibility index (Phi) is 5.16. The van der Waals surface area contributed by atoms with Gasteiger partial charge in [-0.15, -0.1) is 0 Å². The Labute approximate surface area is 217 Å². The van der Waals surface area contributed by atoms with Crippen LogP contribution in [0.25, 0.3) is 0 Å². The van der Waals surface area contributed by atoms with E-state index in [0.29, 0.717) is 6.42 Å². The Hall–Kier alpha value is -2.83. The van der Waals surface area contributed by atoms with Gasteiger partial charge in [0.1, 0.15) is 23.2 Å². The molecule has 2 aliphatic carbocycles. The highest BCUT2D eigenvalue weighted by molar-refractivity contribution is 6.30. The van der Waals surface area contributed by atoms with E-state index in [0.717, 1.165) is 12.8 Å². The van der Waals surface area contributed by atoms with Gasteiger partial charge in [-0.1, -0.05) is 0 Å². The minimum Gasteiger partial charge on any atom is -0.507 e. The van der Waals surface area contributed by atoms with Crippen LogP contribution in [-0.4, -0.2) is 76.3 Å². The van der Waals surface area contributed by atoms with Crippen LogP contribution < -0.4 is 0 Å². The quantitative estimate of drug-likeness (QED) is 0.380. The van der Waals surface area contributed by atoms with E-state index < -0.39 is 77.0 Å². The molecule has 5 heterocycles. The van der Waals surface area contributed by atoms with Crippen LogP contribution in [0.5, 0.6) is 11.5 Å². The molecule has 7 aliphatic rings. The van der Waals surface area contributed by atoms with Crippen molar-refractivity contribution in [2.24, 2.45) is 0 Å². The minimum atomic E-state index is -1.93. The number of phenolic OH excluding ortho intramolecular Hbond substituents is 2. The molecule has 0 radical (unpaired) electrons. The van der Waals surface area contributed by atoms with Gasteiger partial charge in [-0.2, -0.15) is 0 Å². The number of ether oxygens (including phenoxy) is 5. The van der Waals surface area contributed by atoms with Crippen molar-refractivity contribution in [3.05, 3.63) is 33.4 Å². The summed E-state index contributed by atoms with van der Waals surface area (Å²) in [5, 5.41) is 35.1. The van der Waals surface area contributed by atoms with Crippen molar-refractivity contribution in [1.29, 1.82) is 0 Å². The van der Waals surface area contributed by atoms with Gasteiger partial charge in [-0.3, -0.25) is 14.4 Å². The molecule has 202 valence electrons. The van der Waals surface area contributed by atoms with E-state index >= 15 is 0 Å². The van der Waals surface area contributed by atoms with Crippen molar-refractivity contribution in [3.63, 3.8) is 0 Å². The summed E-state index contributed by atoms with van der Waals surface area (Å²) in [6.07, 6.45) is -2.35. The molecule has 8 rings (SSSR count). The number of Topliss-reactive ketones (excluding diaryl/α,β-unsaturated/α-hetero) is 2. The third-order valence-corrected chi connectivity index (χ3v) is 8.85. The van der Waals surface area contributed by atoms with E-state index in [-0.39, 0.29) is 53.4 Å². The van der Waals surface area contributed by atoms with Crippen LogP contribution in [0.4, 0.5) is 0 Å². The van der Waals surface area contributed by atoms with Crippen LogP contribution in [0.3, 0.4) is 0 Å². The number of carbonyl (C=O) groups excluding carboxylic acids is 3. The molecule has 2 bridgehead atoms. The number of fused-ring (bicyclic) bond motifs is 5. The fourth-order valence-electron chi connectivity index (χ4n) is 7.01. The summed E-state index contributed by atoms with van der Waals surface area (Å²) in [5.41, 5.74) is -2.84. The third-order valence-electron chi connectivity index (χ3n) is 8.85. The van der Waals surface area contributed by atoms with Crippen molar-refractivity contribution < 1.29 is 53.4 Å². The number of aromatic hydroxyl groups is 2. The molecule has 38 heavy (non-hydrogen) atoms. The van der Waals surface area contributed by atoms with Crippen molar-refractivity contribution in [2.75, 3.05) is 6.61 Å². The van der Waals surface area contributed by atoms with E-state index in [1.165, 1.54) is 0 Å². The molecule has 5 aliphatic heterocycles. The van der Waals surface area contributed by atoms with E-state index in [4.69, 9.17) is 23.7 Å². The van der Waals surface area contributed by atoms with Crippen molar-refractivity contribution in [1.82, 2.24) is 0 Å². The molecule has 4 unspecified atom stereocenters. The first kappa shape index (κ1) is 24.2. The fourth-order valence-corrected chi connectivity index (χ4v) is 7.01. The number of esters is 1. The van der Waals surface area contributed by atoms with Gasteiger partial charge >= 0.3 is 5.97 Å². The zero-order valence-electron chi connectivity index (χ0n) is 20.9. The summed E-state index contributed by atoms with van der Waals surface area (Å²) >= 11 is 0. The van der Waals surface area contributed by atoms with Gasteiger partial charge in [0.15, 0.2) is 24.0 Å². The molecule has 11 nitrogen and oxygen atoms in total. The summed E-state index contributed by atoms with van der Waals surface area (Å²) in [4.78, 5) is 39.3. The highest BCUT2D eigenvalue weighted by Gasteiger charge is 2.61. The number of rotatable bonds is 2. The van der Waals surface area contributed by atoms with Gasteiger partial charge in [-0.25, -0.2) is 0 Å². The summed E-state index contributed by atoms with van der Waals surface area (Å²) in [7, 11) is 0. The first-order valence-electron chi connectivity index (χ1n) is 13.1. The molecule has 3 N–H and O–H groups in total. The van der Waals surface area contributed by atoms with Crippen LogP contribution in [0.15, 0.2) is 11.1 Å². The maximum Gasteiger partial charge on any atom is 0.309 e. The van der Waals surface area contributed by atoms with Crippen molar-refractivity contribution >= 4 is 17.5 Å². The highest BCUT2D eigenvalue weighted by atomic mass is 16.7. The largest absolute Gasteiger partial charge is 0.507 e. The molecular formula is C27H28O11. The molecule has 11 heteroatoms. The third kappa shape index (κ3) is 3.05. The lowest BCUT2D eigenvalue weighted by Gasteiger charge is -2.54. The molecule has 8 atom stereocenters. The van der Waals surface area contributed by atoms with Gasteiger partial charge < -0.3 is 39.0 Å². The molecule has 1 aromatic carbocycles. The van der Waals surface area contributed by atoms with Crippen LogP contribution in [-0.2, 0) is 34.1 Å². The summed E-state index contributed by atoms with van der Waals surface area (Å²) in [6.45, 7) is 3.33. The zero-order valence-corrected chi connectivity index (χ0v) is 20.9. The van der Waals surface area contributed by atoms with Gasteiger partial charge in [0.2, 0.25) is 0 Å². The number of phenols is 2. The number of benzene rings is 1. The normalized spacial score (nSPS) is 39.4. The molecule has 0 aromatic heterocycles. The number of aliphatic hydroxyl groups is 1. The molecule has 3 saturated heterocycles. The lowest BCUT2D eigenvalue weighted by atomic mass is 9.66. The fraction of sp³-hybridized carbons (Fsp3) is 0.593. The maximum absolute atomic E-state index is 13.7. The molecule has 1 aromatic rings. The average Bonchev–Trinajstić information content (AvgIpc) is 3.25. The predicted octanol–water partition coefficient (Wildman–Crippen LogP) is 1.84. The van der Waals surface area contributed by atoms with E-state index in [2.05, 4.69) is 0 Å². The van der Waals surface area contributed by atoms with Gasteiger partial charge in [0.25, 0.3) is 0 Å². The number of ketones is 2. The van der Waals surface area contributed by atoms with E-state index in [1.54, 1.807) is 6.92 Å². The summed E-state index contributed by atoms with van der Waals surface area (Å²) in [5.74, 6) is -3.15. The van der Waals surface area contributed by atoms with Gasteiger partial charge in [-0.05, 0) is 33.1 Å². The van der Waals surface area contributed by atoms with Crippen LogP contribution in [0.2, 0.25) is 0 Å². The Morgan fingerprint density at radius 1 is 1.00 bits per heavy atom. The first-order chi connectivity index (χ1) is 18.1. The van der Waals surface area contributed by atoms with E-state index in [9.17, 15) is 29.7 Å². The zero-order chi connectivity index (χ0) is 26.7. The second kappa shape index (κ2) is 8.09. The number of carbonyl (C=O) groups is 3. The minimum absolute atomic E-state index is 0.00264. The van der Waals surface area contributed by atoms with Gasteiger partial charge in [0, 0.05) is 23.1 Å². The molecule has 3 fully saturated rings. The Morgan fingerprint density at radius 2 is 1.76 bits per heavy atom. The van der Waals surface area contributed by atoms with Crippen LogP contribution in [0, 0.1) is 0 Å². The number of hydrogen-bond acceptors (Lipinski definition) is 11. The van der Waals surface area contributed by atoms with Crippen LogP contribution >= 0.6 is 0 Å². The standard InChI is InChI=1S/C27H28O11/c1-9-4-3-5-16(35-9)37-14-6-12-18-21(27(14,33)10(2)36-12)25(32)19-20(24(18)31)23(30)17-11(22(19)29)8-34-13-7-15(28)38-26(13)17/h9-10,12-14,16,26,31-33H,3-8H2,1-2H3/t9-,10?,12?,13-,14?,16-,26+,27?/m0/s1. The first-order valence-corrected chi connectivity index (χ1v) is 13.1. The highest BCUT2D eigenvalue weighted by Crippen LogP contribution is 2.60. The number of hydrogen-bond donors (Lipinski definition) is 3. The molecule has 0 amide bonds. The Bertz CT molecular complexity index is 1330. The summed E-state index contributed by atoms with van der Waals surface area (Å²) in [6, 6.07) is 0. The van der Waals surface area contributed by atoms with Crippen molar-refractivity contribution in [2.45, 2.75) is 94.5 Å². The molecular weight excluding hydrogens is 500 g/mol. The predicted molar refractivity (Wildman–Crippen MR) is 125 cm³/mol. The SMILES string of the molecule is CC1OC2CC(O[C@H]3CCC[C@H](C)O3)C1(O)c1c(O)c3c(c(O)c12)C(=O)C1=C(CO[C@H]2CC(=O)O[C@@H]12)C3=O. The monoisotopic (exact) mass is 528 g/mol. The van der Waals surface area contributed by atoms with Gasteiger partial charge in [0.05, 0.1) is 54.1 Å². The van der Waals surface area contributed by atoms with E-state index in [1.807, 2.05) is 6.92 Å². The molecule has 0 spiro atoms. The van der Waals surface area contributed by atoms with Crippen molar-refractivity contribution in [3.8, 4) is 11.5 Å². The lowest BCUT2D eigenvalue weighted by molar-refractivity contribution is -0.305. The second-order valence-corrected chi connectivity index (χ2v) is 11.0. The Balaban J connectivity index is 1.36. The Morgan fingerprint density at radius 3 is 2.53 bits per heavy atom.